The Morgan fingerprint density at radius 2 is 1.68 bits per heavy atom. The minimum atomic E-state index is 0.0251. The molecule has 0 N–H and O–H groups in total. The summed E-state index contributed by atoms with van der Waals surface area (Å²) < 4.78 is 6.38. The average Bonchev–Trinajstić information content (AvgIpc) is 2.91. The maximum absolute atomic E-state index is 13.1. The number of likely N-dealkylation sites (tertiary alicyclic amines) is 1. The number of piperidine rings is 1. The monoisotopic (exact) mass is 498 g/mol. The van der Waals surface area contributed by atoms with E-state index in [9.17, 15) is 9.59 Å². The summed E-state index contributed by atoms with van der Waals surface area (Å²) in [7, 11) is 0. The molecule has 2 aromatic rings. The highest BCUT2D eigenvalue weighted by atomic mass is 32.2. The van der Waals surface area contributed by atoms with Crippen LogP contribution in [0.5, 0.6) is 5.75 Å². The lowest BCUT2D eigenvalue weighted by Crippen LogP contribution is -2.50. The number of rotatable bonds is 8. The molecule has 2 saturated heterocycles. The first kappa shape index (κ1) is 25.0. The summed E-state index contributed by atoms with van der Waals surface area (Å²) in [6.07, 6.45) is 3.79. The van der Waals surface area contributed by atoms with Crippen molar-refractivity contribution in [2.75, 3.05) is 37.7 Å². The number of nitrogens with zero attached hydrogens (tertiary/aromatic N) is 2. The van der Waals surface area contributed by atoms with E-state index in [1.165, 1.54) is 23.5 Å². The summed E-state index contributed by atoms with van der Waals surface area (Å²) in [6, 6.07) is 17.8. The predicted molar refractivity (Wildman–Crippen MR) is 142 cm³/mol. The van der Waals surface area contributed by atoms with Gasteiger partial charge in [-0.15, -0.1) is 23.5 Å². The molecule has 5 nitrogen and oxygen atoms in total. The molecule has 0 radical (unpaired) electrons. The number of carbonyl (C=O) groups excluding carboxylic acids is 2. The van der Waals surface area contributed by atoms with Crippen molar-refractivity contribution in [2.45, 2.75) is 43.2 Å². The third-order valence-electron chi connectivity index (χ3n) is 6.34. The zero-order chi connectivity index (χ0) is 23.8. The summed E-state index contributed by atoms with van der Waals surface area (Å²) in [5.74, 6) is 3.28. The minimum absolute atomic E-state index is 0.0251. The molecule has 0 atom stereocenters. The normalized spacial score (nSPS) is 17.4. The van der Waals surface area contributed by atoms with Crippen LogP contribution in [0.15, 0.2) is 54.6 Å². The van der Waals surface area contributed by atoms with Gasteiger partial charge in [-0.25, -0.2) is 0 Å². The van der Waals surface area contributed by atoms with Gasteiger partial charge in [-0.1, -0.05) is 37.3 Å². The fourth-order valence-electron chi connectivity index (χ4n) is 4.53. The van der Waals surface area contributed by atoms with E-state index in [1.807, 2.05) is 75.8 Å². The standard InChI is InChI=1S/C27H34N2O3S2/c1-2-15-29(23-13-16-28(17-14-23)26(31)21-7-4-3-5-8-21)25(30)20-32-24-11-9-22(10-12-24)27-33-18-6-19-34-27/h3-5,7-12,23,27H,2,6,13-20H2,1H3. The molecule has 2 aliphatic rings. The fraction of sp³-hybridized carbons (Fsp3) is 0.481. The van der Waals surface area contributed by atoms with Gasteiger partial charge in [0.25, 0.3) is 11.8 Å². The summed E-state index contributed by atoms with van der Waals surface area (Å²) >= 11 is 4.01. The van der Waals surface area contributed by atoms with E-state index in [2.05, 4.69) is 19.1 Å². The molecule has 2 fully saturated rings. The molecule has 7 heteroatoms. The molecule has 0 saturated carbocycles. The Hall–Kier alpha value is -2.12. The molecule has 2 aromatic carbocycles. The van der Waals surface area contributed by atoms with Crippen molar-refractivity contribution in [1.29, 1.82) is 0 Å². The van der Waals surface area contributed by atoms with E-state index in [1.54, 1.807) is 0 Å². The van der Waals surface area contributed by atoms with E-state index < -0.39 is 0 Å². The molecule has 34 heavy (non-hydrogen) atoms. The van der Waals surface area contributed by atoms with Crippen LogP contribution in [-0.2, 0) is 4.79 Å². The number of amides is 2. The first-order valence-corrected chi connectivity index (χ1v) is 14.3. The minimum Gasteiger partial charge on any atom is -0.484 e. The summed E-state index contributed by atoms with van der Waals surface area (Å²) in [5, 5.41) is 0. The Morgan fingerprint density at radius 1 is 1.00 bits per heavy atom. The number of hydrogen-bond acceptors (Lipinski definition) is 5. The molecule has 0 aromatic heterocycles. The van der Waals surface area contributed by atoms with Crippen LogP contribution in [-0.4, -0.2) is 65.4 Å². The van der Waals surface area contributed by atoms with Gasteiger partial charge >= 0.3 is 0 Å². The third kappa shape index (κ3) is 6.51. The number of thioether (sulfide) groups is 2. The lowest BCUT2D eigenvalue weighted by molar-refractivity contribution is -0.136. The number of carbonyl (C=O) groups is 2. The van der Waals surface area contributed by atoms with Crippen molar-refractivity contribution in [3.8, 4) is 5.75 Å². The van der Waals surface area contributed by atoms with Crippen LogP contribution < -0.4 is 4.74 Å². The van der Waals surface area contributed by atoms with Crippen molar-refractivity contribution in [3.63, 3.8) is 0 Å². The molecule has 0 aliphatic carbocycles. The highest BCUT2D eigenvalue weighted by Gasteiger charge is 2.29. The van der Waals surface area contributed by atoms with Gasteiger partial charge in [0.05, 0.1) is 4.58 Å². The van der Waals surface area contributed by atoms with E-state index in [0.717, 1.165) is 30.6 Å². The Kier molecular flexibility index (Phi) is 9.22. The van der Waals surface area contributed by atoms with Crippen molar-refractivity contribution in [2.24, 2.45) is 0 Å². The maximum Gasteiger partial charge on any atom is 0.260 e. The van der Waals surface area contributed by atoms with Gasteiger partial charge in [0.1, 0.15) is 5.75 Å². The largest absolute Gasteiger partial charge is 0.484 e. The fourth-order valence-corrected chi connectivity index (χ4v) is 7.42. The van der Waals surface area contributed by atoms with Gasteiger partial charge in [-0.05, 0) is 67.0 Å². The molecule has 0 bridgehead atoms. The van der Waals surface area contributed by atoms with Gasteiger partial charge in [0.15, 0.2) is 6.61 Å². The second kappa shape index (κ2) is 12.5. The van der Waals surface area contributed by atoms with Crippen LogP contribution >= 0.6 is 23.5 Å². The molecular weight excluding hydrogens is 464 g/mol. The van der Waals surface area contributed by atoms with Gasteiger partial charge in [-0.2, -0.15) is 0 Å². The predicted octanol–water partition coefficient (Wildman–Crippen LogP) is 5.48. The van der Waals surface area contributed by atoms with Gasteiger partial charge in [0.2, 0.25) is 0 Å². The van der Waals surface area contributed by atoms with Crippen LogP contribution in [0.1, 0.15) is 53.1 Å². The summed E-state index contributed by atoms with van der Waals surface area (Å²) in [4.78, 5) is 29.7. The number of benzene rings is 2. The highest BCUT2D eigenvalue weighted by molar-refractivity contribution is 8.16. The summed E-state index contributed by atoms with van der Waals surface area (Å²) in [6.45, 7) is 4.20. The molecule has 0 unspecified atom stereocenters. The third-order valence-corrected chi connectivity index (χ3v) is 9.35. The Labute approximate surface area is 211 Å². The van der Waals surface area contributed by atoms with E-state index in [4.69, 9.17) is 4.74 Å². The number of ether oxygens (including phenoxy) is 1. The highest BCUT2D eigenvalue weighted by Crippen LogP contribution is 2.43. The van der Waals surface area contributed by atoms with Crippen molar-refractivity contribution in [3.05, 3.63) is 65.7 Å². The van der Waals surface area contributed by atoms with Crippen LogP contribution in [0, 0.1) is 0 Å². The molecule has 0 spiro atoms. The van der Waals surface area contributed by atoms with Crippen LogP contribution in [0.3, 0.4) is 0 Å². The average molecular weight is 499 g/mol. The molecule has 2 heterocycles. The molecule has 2 aliphatic heterocycles. The first-order chi connectivity index (χ1) is 16.7. The Bertz CT molecular complexity index is 925. The topological polar surface area (TPSA) is 49.9 Å². The maximum atomic E-state index is 13.1. The van der Waals surface area contributed by atoms with E-state index in [0.29, 0.717) is 24.2 Å². The second-order valence-electron chi connectivity index (χ2n) is 8.76. The molecule has 2 amide bonds. The van der Waals surface area contributed by atoms with Crippen molar-refractivity contribution in [1.82, 2.24) is 9.80 Å². The molecule has 182 valence electrons. The number of hydrogen-bond donors (Lipinski definition) is 0. The Morgan fingerprint density at radius 3 is 2.32 bits per heavy atom. The smallest absolute Gasteiger partial charge is 0.260 e. The zero-order valence-corrected chi connectivity index (χ0v) is 21.5. The molecule has 4 rings (SSSR count). The van der Waals surface area contributed by atoms with E-state index >= 15 is 0 Å². The SMILES string of the molecule is CCCN(C(=O)COc1ccc(C2SCCCS2)cc1)C1CCN(C(=O)c2ccccc2)CC1. The zero-order valence-electron chi connectivity index (χ0n) is 19.9. The van der Waals surface area contributed by atoms with Gasteiger partial charge in [-0.3, -0.25) is 9.59 Å². The van der Waals surface area contributed by atoms with Gasteiger partial charge < -0.3 is 14.5 Å². The second-order valence-corrected chi connectivity index (χ2v) is 11.5. The lowest BCUT2D eigenvalue weighted by atomic mass is 10.0. The lowest BCUT2D eigenvalue weighted by Gasteiger charge is -2.38. The summed E-state index contributed by atoms with van der Waals surface area (Å²) in [5.41, 5.74) is 2.04. The quantitative estimate of drug-likeness (QED) is 0.483. The van der Waals surface area contributed by atoms with Gasteiger partial charge in [0, 0.05) is 31.2 Å². The first-order valence-electron chi connectivity index (χ1n) is 12.3. The van der Waals surface area contributed by atoms with E-state index in [-0.39, 0.29) is 24.5 Å². The Balaban J connectivity index is 1.28. The van der Waals surface area contributed by atoms with Crippen LogP contribution in [0.25, 0.3) is 0 Å². The van der Waals surface area contributed by atoms with Crippen LogP contribution in [0.2, 0.25) is 0 Å². The van der Waals surface area contributed by atoms with Crippen molar-refractivity contribution >= 4 is 35.3 Å². The van der Waals surface area contributed by atoms with Crippen molar-refractivity contribution < 1.29 is 14.3 Å². The van der Waals surface area contributed by atoms with Crippen LogP contribution in [0.4, 0.5) is 0 Å². The molecular formula is C27H34N2O3S2.